The van der Waals surface area contributed by atoms with Crippen LogP contribution in [0.3, 0.4) is 0 Å². The van der Waals surface area contributed by atoms with Crippen molar-refractivity contribution >= 4 is 29.0 Å². The molecule has 0 radical (unpaired) electrons. The van der Waals surface area contributed by atoms with Crippen molar-refractivity contribution in [3.05, 3.63) is 24.3 Å². The van der Waals surface area contributed by atoms with Gasteiger partial charge in [0.05, 0.1) is 6.42 Å². The van der Waals surface area contributed by atoms with Gasteiger partial charge in [0, 0.05) is 18.3 Å². The molecule has 5 N–H and O–H groups in total. The maximum atomic E-state index is 11.3. The van der Waals surface area contributed by atoms with Gasteiger partial charge in [-0.1, -0.05) is 0 Å². The Morgan fingerprint density at radius 3 is 2.06 bits per heavy atom. The van der Waals surface area contributed by atoms with Gasteiger partial charge in [0.2, 0.25) is 11.8 Å². The molecule has 1 aromatic carbocycles. The highest BCUT2D eigenvalue weighted by Gasteiger charge is 2.03. The minimum absolute atomic E-state index is 0.132. The van der Waals surface area contributed by atoms with Gasteiger partial charge in [-0.2, -0.15) is 0 Å². The Hall–Kier alpha value is -2.37. The summed E-state index contributed by atoms with van der Waals surface area (Å²) in [5, 5.41) is 12.2. The number of hydrogen-bond acceptors (Lipinski definition) is 3. The third-order valence-electron chi connectivity index (χ3n) is 1.84. The molecule has 6 nitrogen and oxygen atoms in total. The summed E-state index contributed by atoms with van der Waals surface area (Å²) in [6.45, 7) is 1.42. The predicted molar refractivity (Wildman–Crippen MR) is 65.9 cm³/mol. The van der Waals surface area contributed by atoms with Gasteiger partial charge >= 0.3 is 0 Å². The van der Waals surface area contributed by atoms with Crippen molar-refractivity contribution in [1.29, 1.82) is 5.41 Å². The van der Waals surface area contributed by atoms with E-state index in [2.05, 4.69) is 10.6 Å². The van der Waals surface area contributed by atoms with Crippen LogP contribution in [0.5, 0.6) is 0 Å². The third-order valence-corrected chi connectivity index (χ3v) is 1.84. The van der Waals surface area contributed by atoms with Crippen LogP contribution in [-0.4, -0.2) is 17.6 Å². The van der Waals surface area contributed by atoms with Crippen LogP contribution in [0.25, 0.3) is 0 Å². The highest BCUT2D eigenvalue weighted by molar-refractivity contribution is 6.04. The summed E-state index contributed by atoms with van der Waals surface area (Å²) >= 11 is 0. The molecule has 0 heterocycles. The van der Waals surface area contributed by atoms with Gasteiger partial charge in [0.15, 0.2) is 0 Å². The molecule has 6 heteroatoms. The van der Waals surface area contributed by atoms with Gasteiger partial charge in [0.25, 0.3) is 0 Å². The summed E-state index contributed by atoms with van der Waals surface area (Å²) in [5.41, 5.74) is 6.34. The third kappa shape index (κ3) is 4.78. The molecular formula is C11H14N4O2. The Labute approximate surface area is 98.7 Å². The number of nitrogens with two attached hydrogens (primary N) is 1. The quantitative estimate of drug-likeness (QED) is 0.459. The summed E-state index contributed by atoms with van der Waals surface area (Å²) in [7, 11) is 0. The normalized spacial score (nSPS) is 9.47. The highest BCUT2D eigenvalue weighted by Crippen LogP contribution is 2.13. The van der Waals surface area contributed by atoms with Crippen molar-refractivity contribution in [2.24, 2.45) is 5.73 Å². The summed E-state index contributed by atoms with van der Waals surface area (Å²) in [6, 6.07) is 6.65. The second-order valence-electron chi connectivity index (χ2n) is 3.51. The molecular weight excluding hydrogens is 220 g/mol. The first-order chi connectivity index (χ1) is 7.97. The molecule has 17 heavy (non-hydrogen) atoms. The molecule has 0 saturated carbocycles. The Kier molecular flexibility index (Phi) is 4.21. The van der Waals surface area contributed by atoms with Crippen molar-refractivity contribution in [1.82, 2.24) is 0 Å². The zero-order valence-corrected chi connectivity index (χ0v) is 9.41. The summed E-state index contributed by atoms with van der Waals surface area (Å²) in [5.74, 6) is -0.680. The highest BCUT2D eigenvalue weighted by atomic mass is 16.2. The van der Waals surface area contributed by atoms with Crippen molar-refractivity contribution < 1.29 is 9.59 Å². The van der Waals surface area contributed by atoms with Gasteiger partial charge in [-0.3, -0.25) is 15.0 Å². The molecule has 0 aliphatic heterocycles. The van der Waals surface area contributed by atoms with Crippen LogP contribution < -0.4 is 16.4 Å². The monoisotopic (exact) mass is 234 g/mol. The first kappa shape index (κ1) is 12.7. The van der Waals surface area contributed by atoms with Crippen molar-refractivity contribution in [2.45, 2.75) is 13.3 Å². The summed E-state index contributed by atoms with van der Waals surface area (Å²) < 4.78 is 0. The molecule has 0 aliphatic carbocycles. The van der Waals surface area contributed by atoms with Crippen molar-refractivity contribution in [2.75, 3.05) is 10.6 Å². The van der Waals surface area contributed by atoms with E-state index in [4.69, 9.17) is 11.1 Å². The summed E-state index contributed by atoms with van der Waals surface area (Å²) in [6.07, 6.45) is -0.132. The molecule has 1 rings (SSSR count). The maximum Gasteiger partial charge on any atom is 0.231 e. The zero-order valence-electron chi connectivity index (χ0n) is 9.41. The van der Waals surface area contributed by atoms with E-state index < -0.39 is 0 Å². The number of carbonyl (C=O) groups is 2. The smallest absolute Gasteiger partial charge is 0.231 e. The molecule has 0 aliphatic rings. The molecule has 0 saturated heterocycles. The lowest BCUT2D eigenvalue weighted by atomic mass is 10.2. The predicted octanol–water partition coefficient (Wildman–Crippen LogP) is 0.910. The maximum absolute atomic E-state index is 11.3. The SMILES string of the molecule is CC(=O)Nc1ccc(NC(=O)CC(=N)N)cc1. The number of amidine groups is 1. The number of carbonyl (C=O) groups excluding carboxylic acids is 2. The van der Waals surface area contributed by atoms with Gasteiger partial charge in [-0.15, -0.1) is 0 Å². The topological polar surface area (TPSA) is 108 Å². The van der Waals surface area contributed by atoms with Crippen LogP contribution in [0.1, 0.15) is 13.3 Å². The van der Waals surface area contributed by atoms with E-state index in [9.17, 15) is 9.59 Å². The first-order valence-electron chi connectivity index (χ1n) is 4.98. The molecule has 0 bridgehead atoms. The van der Waals surface area contributed by atoms with E-state index in [-0.39, 0.29) is 24.1 Å². The number of hydrogen-bond donors (Lipinski definition) is 4. The van der Waals surface area contributed by atoms with Crippen LogP contribution >= 0.6 is 0 Å². The number of anilines is 2. The molecule has 0 spiro atoms. The van der Waals surface area contributed by atoms with Crippen LogP contribution in [0, 0.1) is 5.41 Å². The van der Waals surface area contributed by atoms with E-state index in [1.54, 1.807) is 24.3 Å². The Bertz CT molecular complexity index is 439. The number of amides is 2. The van der Waals surface area contributed by atoms with Gasteiger partial charge in [0.1, 0.15) is 5.84 Å². The van der Waals surface area contributed by atoms with Crippen LogP contribution in [0.4, 0.5) is 11.4 Å². The second kappa shape index (κ2) is 5.64. The lowest BCUT2D eigenvalue weighted by molar-refractivity contribution is -0.115. The molecule has 0 aromatic heterocycles. The van der Waals surface area contributed by atoms with E-state index in [1.165, 1.54) is 6.92 Å². The fourth-order valence-corrected chi connectivity index (χ4v) is 1.22. The molecule has 90 valence electrons. The number of benzene rings is 1. The fraction of sp³-hybridized carbons (Fsp3) is 0.182. The molecule has 0 unspecified atom stereocenters. The molecule has 1 aromatic rings. The van der Waals surface area contributed by atoms with Gasteiger partial charge in [-0.05, 0) is 24.3 Å². The molecule has 2 amide bonds. The standard InChI is InChI=1S/C11H14N4O2/c1-7(16)14-8-2-4-9(5-3-8)15-11(17)6-10(12)13/h2-5H,6H2,1H3,(H3,12,13)(H,14,16)(H,15,17). The average molecular weight is 234 g/mol. The Morgan fingerprint density at radius 1 is 1.18 bits per heavy atom. The van der Waals surface area contributed by atoms with Gasteiger partial charge in [-0.25, -0.2) is 0 Å². The number of nitrogens with one attached hydrogen (secondary N) is 3. The minimum atomic E-state index is -0.343. The minimum Gasteiger partial charge on any atom is -0.387 e. The molecule has 0 fully saturated rings. The van der Waals surface area contributed by atoms with E-state index in [1.807, 2.05) is 0 Å². The largest absolute Gasteiger partial charge is 0.387 e. The zero-order chi connectivity index (χ0) is 12.8. The van der Waals surface area contributed by atoms with Crippen LogP contribution in [0.15, 0.2) is 24.3 Å². The molecule has 0 atom stereocenters. The Balaban J connectivity index is 2.59. The summed E-state index contributed by atoms with van der Waals surface area (Å²) in [4.78, 5) is 22.1. The average Bonchev–Trinajstić information content (AvgIpc) is 2.18. The first-order valence-corrected chi connectivity index (χ1v) is 4.98. The van der Waals surface area contributed by atoms with E-state index >= 15 is 0 Å². The van der Waals surface area contributed by atoms with Crippen LogP contribution in [0.2, 0.25) is 0 Å². The fourth-order valence-electron chi connectivity index (χ4n) is 1.22. The van der Waals surface area contributed by atoms with E-state index in [0.29, 0.717) is 11.4 Å². The van der Waals surface area contributed by atoms with Crippen molar-refractivity contribution in [3.63, 3.8) is 0 Å². The number of rotatable bonds is 4. The van der Waals surface area contributed by atoms with Crippen LogP contribution in [-0.2, 0) is 9.59 Å². The van der Waals surface area contributed by atoms with E-state index in [0.717, 1.165) is 0 Å². The Morgan fingerprint density at radius 2 is 1.65 bits per heavy atom. The van der Waals surface area contributed by atoms with Crippen molar-refractivity contribution in [3.8, 4) is 0 Å². The lowest BCUT2D eigenvalue weighted by Crippen LogP contribution is -2.20. The van der Waals surface area contributed by atoms with Gasteiger partial charge < -0.3 is 16.4 Å². The lowest BCUT2D eigenvalue weighted by Gasteiger charge is -2.06. The second-order valence-corrected chi connectivity index (χ2v) is 3.51.